The van der Waals surface area contributed by atoms with Gasteiger partial charge < -0.3 is 0 Å². The first-order chi connectivity index (χ1) is 11.6. The first-order valence-electron chi connectivity index (χ1n) is 8.98. The average Bonchev–Trinajstić information content (AvgIpc) is 3.02. The molecule has 0 spiro atoms. The summed E-state index contributed by atoms with van der Waals surface area (Å²) in [5, 5.41) is 0. The van der Waals surface area contributed by atoms with Gasteiger partial charge in [0.2, 0.25) is 0 Å². The van der Waals surface area contributed by atoms with E-state index in [2.05, 4.69) is 20.8 Å². The molecule has 0 radical (unpaired) electrons. The quantitative estimate of drug-likeness (QED) is 0.197. The average molecular weight is 484 g/mol. The molecule has 24 heavy (non-hydrogen) atoms. The molecule has 0 aromatic heterocycles. The SMILES string of the molecule is CCCCOC(CCC)(OCCCC)[O][Zr][C]1=[C]([GeH]([F])[F])C=CC1. The predicted octanol–water partition coefficient (Wildman–Crippen LogP) is 5.00. The van der Waals surface area contributed by atoms with Gasteiger partial charge in [-0.2, -0.15) is 0 Å². The number of allylic oxidation sites excluding steroid dienone is 4. The molecule has 0 fully saturated rings. The second kappa shape index (κ2) is 12.9. The minimum absolute atomic E-state index is 0.335. The fraction of sp³-hybridized carbons (Fsp3) is 0.765. The molecule has 0 heterocycles. The van der Waals surface area contributed by atoms with Crippen molar-refractivity contribution < 1.29 is 43.0 Å². The van der Waals surface area contributed by atoms with Crippen LogP contribution in [0.15, 0.2) is 19.8 Å². The van der Waals surface area contributed by atoms with E-state index in [0.717, 1.165) is 35.4 Å². The molecule has 0 aromatic carbocycles. The first kappa shape index (κ1) is 22.7. The van der Waals surface area contributed by atoms with E-state index in [1.165, 1.54) is 0 Å². The van der Waals surface area contributed by atoms with E-state index >= 15 is 0 Å². The monoisotopic (exact) mass is 484 g/mol. The van der Waals surface area contributed by atoms with E-state index < -0.39 is 44.9 Å². The van der Waals surface area contributed by atoms with Crippen LogP contribution >= 0.6 is 0 Å². The van der Waals surface area contributed by atoms with Crippen molar-refractivity contribution in [3.8, 4) is 0 Å². The number of unbranched alkanes of at least 4 members (excludes halogenated alkanes) is 2. The van der Waals surface area contributed by atoms with Gasteiger partial charge in [-0.05, 0) is 0 Å². The number of rotatable bonds is 14. The van der Waals surface area contributed by atoms with Gasteiger partial charge >= 0.3 is 163 Å². The Labute approximate surface area is 162 Å². The maximum absolute atomic E-state index is 13.2. The molecular weight excluding hydrogens is 454 g/mol. The van der Waals surface area contributed by atoms with Crippen molar-refractivity contribution in [1.82, 2.24) is 0 Å². The third-order valence-corrected chi connectivity index (χ3v) is 10.2. The van der Waals surface area contributed by atoms with Crippen LogP contribution in [-0.2, 0) is 36.0 Å². The van der Waals surface area contributed by atoms with Crippen LogP contribution in [0.4, 0.5) is 7.00 Å². The third-order valence-electron chi connectivity index (χ3n) is 3.73. The number of hydrogen-bond donors (Lipinski definition) is 0. The number of hydrogen-bond acceptors (Lipinski definition) is 3. The summed E-state index contributed by atoms with van der Waals surface area (Å²) in [5.41, 5.74) is 0. The van der Waals surface area contributed by atoms with Crippen molar-refractivity contribution in [3.05, 3.63) is 19.8 Å². The Bertz CT molecular complexity index is 407. The van der Waals surface area contributed by atoms with Crippen molar-refractivity contribution in [2.45, 2.75) is 71.7 Å². The van der Waals surface area contributed by atoms with Crippen molar-refractivity contribution in [2.75, 3.05) is 13.2 Å². The Hall–Kier alpha value is 0.646. The predicted molar refractivity (Wildman–Crippen MR) is 90.6 cm³/mol. The Morgan fingerprint density at radius 3 is 2.21 bits per heavy atom. The van der Waals surface area contributed by atoms with Gasteiger partial charge in [0.25, 0.3) is 0 Å². The van der Waals surface area contributed by atoms with Crippen LogP contribution < -0.4 is 0 Å². The summed E-state index contributed by atoms with van der Waals surface area (Å²) in [4.78, 5) is 0. The van der Waals surface area contributed by atoms with Gasteiger partial charge in [0.1, 0.15) is 0 Å². The summed E-state index contributed by atoms with van der Waals surface area (Å²) < 4.78 is 45.8. The molecule has 1 aliphatic carbocycles. The molecule has 138 valence electrons. The summed E-state index contributed by atoms with van der Waals surface area (Å²) in [5.74, 6) is -1.03. The molecule has 3 nitrogen and oxygen atoms in total. The molecule has 0 unspecified atom stereocenters. The molecular formula is C17H30F2GeO3Zr. The van der Waals surface area contributed by atoms with Crippen molar-refractivity contribution in [1.29, 1.82) is 0 Å². The van der Waals surface area contributed by atoms with Gasteiger partial charge in [0.05, 0.1) is 0 Å². The van der Waals surface area contributed by atoms with Crippen LogP contribution in [0, 0.1) is 0 Å². The standard InChI is InChI=1S/C12H25O3.C5H5F2Ge.Zr/c1-4-7-10-14-12(13,9-6-3)15-11-8-5-2;6-8(7)5-3-1-2-4-5;/h4-11H2,1-3H3;1,3,8H,2H2;/q-1;;+1. The van der Waals surface area contributed by atoms with Crippen LogP contribution in [0.2, 0.25) is 0 Å². The summed E-state index contributed by atoms with van der Waals surface area (Å²) in [7, 11) is 0. The zero-order valence-corrected chi connectivity index (χ0v) is 20.0. The Kier molecular flexibility index (Phi) is 12.2. The summed E-state index contributed by atoms with van der Waals surface area (Å²) in [6.45, 7) is 7.44. The molecule has 0 saturated heterocycles. The molecule has 0 aromatic rings. The molecule has 1 aliphatic rings. The van der Waals surface area contributed by atoms with Crippen LogP contribution in [0.3, 0.4) is 0 Å². The second-order valence-electron chi connectivity index (χ2n) is 5.88. The molecule has 0 aliphatic heterocycles. The molecule has 0 N–H and O–H groups in total. The normalized spacial score (nSPS) is 14.9. The van der Waals surface area contributed by atoms with E-state index in [1.807, 2.05) is 6.08 Å². The van der Waals surface area contributed by atoms with Gasteiger partial charge in [0.15, 0.2) is 0 Å². The summed E-state index contributed by atoms with van der Waals surface area (Å²) >= 11 is -5.81. The molecule has 0 amide bonds. The van der Waals surface area contributed by atoms with E-state index in [0.29, 0.717) is 30.5 Å². The molecule has 7 heteroatoms. The van der Waals surface area contributed by atoms with E-state index in [4.69, 9.17) is 12.3 Å². The first-order valence-corrected chi connectivity index (χ1v) is 14.3. The van der Waals surface area contributed by atoms with E-state index in [9.17, 15) is 7.00 Å². The molecule has 0 saturated carbocycles. The van der Waals surface area contributed by atoms with Crippen LogP contribution in [0.5, 0.6) is 0 Å². The van der Waals surface area contributed by atoms with Crippen LogP contribution in [0.1, 0.15) is 65.7 Å². The zero-order chi connectivity index (χ0) is 17.8. The van der Waals surface area contributed by atoms with Crippen molar-refractivity contribution in [2.24, 2.45) is 0 Å². The minimum atomic E-state index is -4.23. The van der Waals surface area contributed by atoms with Gasteiger partial charge in [-0.3, -0.25) is 0 Å². The summed E-state index contributed by atoms with van der Waals surface area (Å²) in [6.07, 6.45) is 9.55. The van der Waals surface area contributed by atoms with Crippen molar-refractivity contribution >= 4 is 15.3 Å². The van der Waals surface area contributed by atoms with E-state index in [1.54, 1.807) is 6.08 Å². The van der Waals surface area contributed by atoms with Crippen LogP contribution in [0.25, 0.3) is 0 Å². The Morgan fingerprint density at radius 1 is 1.08 bits per heavy atom. The van der Waals surface area contributed by atoms with Gasteiger partial charge in [-0.25, -0.2) is 0 Å². The topological polar surface area (TPSA) is 27.7 Å². The van der Waals surface area contributed by atoms with Gasteiger partial charge in [0, 0.05) is 0 Å². The maximum atomic E-state index is 13.2. The zero-order valence-electron chi connectivity index (χ0n) is 15.1. The fourth-order valence-electron chi connectivity index (χ4n) is 2.31. The molecule has 1 rings (SSSR count). The fourth-order valence-corrected chi connectivity index (χ4v) is 8.04. The second-order valence-corrected chi connectivity index (χ2v) is 10.9. The van der Waals surface area contributed by atoms with Gasteiger partial charge in [-0.15, -0.1) is 0 Å². The van der Waals surface area contributed by atoms with Crippen LogP contribution in [-0.4, -0.2) is 34.5 Å². The Balaban J connectivity index is 2.75. The van der Waals surface area contributed by atoms with Crippen molar-refractivity contribution in [3.63, 3.8) is 0 Å². The number of ether oxygens (including phenoxy) is 2. The molecule has 0 atom stereocenters. The molecule has 0 bridgehead atoms. The summed E-state index contributed by atoms with van der Waals surface area (Å²) in [6, 6.07) is 0. The van der Waals surface area contributed by atoms with Gasteiger partial charge in [-0.1, -0.05) is 0 Å². The Morgan fingerprint density at radius 2 is 1.71 bits per heavy atom. The third kappa shape index (κ3) is 7.90. The number of halogens is 2. The van der Waals surface area contributed by atoms with E-state index in [-0.39, 0.29) is 0 Å².